The van der Waals surface area contributed by atoms with Gasteiger partial charge in [-0.1, -0.05) is 30.3 Å². The molecule has 3 rings (SSSR count). The molecular weight excluding hydrogens is 387 g/mol. The minimum atomic E-state index is -4.79. The van der Waals surface area contributed by atoms with E-state index in [4.69, 9.17) is 4.74 Å². The summed E-state index contributed by atoms with van der Waals surface area (Å²) in [6.07, 6.45) is -4.22. The minimum Gasteiger partial charge on any atom is -0.496 e. The highest BCUT2D eigenvalue weighted by molar-refractivity contribution is 5.70. The molecule has 2 aromatic carbocycles. The molecular formula is C20H18F3N3O3. The fourth-order valence-electron chi connectivity index (χ4n) is 2.68. The number of rotatable bonds is 7. The molecule has 0 radical (unpaired) electrons. The molecule has 0 fully saturated rings. The highest BCUT2D eigenvalue weighted by atomic mass is 19.4. The van der Waals surface area contributed by atoms with Crippen molar-refractivity contribution in [1.82, 2.24) is 9.97 Å². The molecule has 6 nitrogen and oxygen atoms in total. The van der Waals surface area contributed by atoms with Gasteiger partial charge in [-0.25, -0.2) is 9.97 Å². The number of anilines is 1. The molecule has 0 saturated carbocycles. The molecule has 0 spiro atoms. The fraction of sp³-hybridized carbons (Fsp3) is 0.200. The lowest BCUT2D eigenvalue weighted by Gasteiger charge is -2.14. The van der Waals surface area contributed by atoms with Crippen molar-refractivity contribution >= 4 is 5.82 Å². The number of halogens is 3. The van der Waals surface area contributed by atoms with Gasteiger partial charge in [-0.2, -0.15) is 0 Å². The van der Waals surface area contributed by atoms with Crippen LogP contribution in [0, 0.1) is 0 Å². The maximum Gasteiger partial charge on any atom is 0.573 e. The molecule has 9 heteroatoms. The summed E-state index contributed by atoms with van der Waals surface area (Å²) >= 11 is 0. The third-order valence-electron chi connectivity index (χ3n) is 4.01. The maximum absolute atomic E-state index is 12.4. The van der Waals surface area contributed by atoms with Crippen LogP contribution in [0.2, 0.25) is 0 Å². The van der Waals surface area contributed by atoms with Crippen molar-refractivity contribution < 1.29 is 27.8 Å². The standard InChI is InChI=1S/C20H18F3N3O3/c1-28-18-9-14(29-20(21,22)23)7-8-15(18)16-10-19(26-12-25-16)24-11-17(27)13-5-3-2-4-6-13/h2-10,12,17,27H,11H2,1H3,(H,24,25,26). The Bertz CT molecular complexity index is 952. The molecule has 152 valence electrons. The monoisotopic (exact) mass is 405 g/mol. The lowest BCUT2D eigenvalue weighted by Crippen LogP contribution is -2.17. The van der Waals surface area contributed by atoms with Crippen LogP contribution in [0.1, 0.15) is 11.7 Å². The Morgan fingerprint density at radius 3 is 2.52 bits per heavy atom. The third-order valence-corrected chi connectivity index (χ3v) is 4.01. The van der Waals surface area contributed by atoms with Gasteiger partial charge in [0.05, 0.1) is 18.9 Å². The Balaban J connectivity index is 1.76. The molecule has 1 aromatic heterocycles. The van der Waals surface area contributed by atoms with Crippen LogP contribution in [0.15, 0.2) is 60.9 Å². The van der Waals surface area contributed by atoms with E-state index in [-0.39, 0.29) is 12.3 Å². The Morgan fingerprint density at radius 2 is 1.83 bits per heavy atom. The highest BCUT2D eigenvalue weighted by Crippen LogP contribution is 2.34. The Hall–Kier alpha value is -3.33. The number of nitrogens with one attached hydrogen (secondary N) is 1. The summed E-state index contributed by atoms with van der Waals surface area (Å²) in [4.78, 5) is 8.26. The van der Waals surface area contributed by atoms with Crippen molar-refractivity contribution in [2.45, 2.75) is 12.5 Å². The van der Waals surface area contributed by atoms with E-state index in [1.54, 1.807) is 6.07 Å². The first-order valence-electron chi connectivity index (χ1n) is 8.59. The molecule has 0 saturated heterocycles. The van der Waals surface area contributed by atoms with E-state index in [1.807, 2.05) is 30.3 Å². The van der Waals surface area contributed by atoms with Gasteiger partial charge in [0.2, 0.25) is 0 Å². The summed E-state index contributed by atoms with van der Waals surface area (Å²) in [6, 6.07) is 14.5. The molecule has 3 aromatic rings. The number of aromatic nitrogens is 2. The number of hydrogen-bond donors (Lipinski definition) is 2. The summed E-state index contributed by atoms with van der Waals surface area (Å²) in [5, 5.41) is 13.3. The Labute approximate surface area is 165 Å². The van der Waals surface area contributed by atoms with E-state index in [1.165, 1.54) is 25.6 Å². The highest BCUT2D eigenvalue weighted by Gasteiger charge is 2.31. The fourth-order valence-corrected chi connectivity index (χ4v) is 2.68. The predicted octanol–water partition coefficient (Wildman–Crippen LogP) is 4.20. The quantitative estimate of drug-likeness (QED) is 0.614. The molecule has 29 heavy (non-hydrogen) atoms. The van der Waals surface area contributed by atoms with E-state index < -0.39 is 18.2 Å². The largest absolute Gasteiger partial charge is 0.573 e. The van der Waals surface area contributed by atoms with Crippen LogP contribution in [0.25, 0.3) is 11.3 Å². The second-order valence-corrected chi connectivity index (χ2v) is 6.01. The number of nitrogens with zero attached hydrogens (tertiary/aromatic N) is 2. The summed E-state index contributed by atoms with van der Waals surface area (Å²) < 4.78 is 46.3. The van der Waals surface area contributed by atoms with Gasteiger partial charge in [0, 0.05) is 24.2 Å². The number of aliphatic hydroxyl groups excluding tert-OH is 1. The average Bonchev–Trinajstić information content (AvgIpc) is 2.71. The van der Waals surface area contributed by atoms with E-state index >= 15 is 0 Å². The number of aliphatic hydroxyl groups is 1. The first kappa shape index (κ1) is 20.4. The van der Waals surface area contributed by atoms with Crippen LogP contribution in [-0.4, -0.2) is 35.1 Å². The van der Waals surface area contributed by atoms with Crippen LogP contribution < -0.4 is 14.8 Å². The number of hydrogen-bond acceptors (Lipinski definition) is 6. The zero-order chi connectivity index (χ0) is 20.9. The van der Waals surface area contributed by atoms with E-state index in [0.29, 0.717) is 17.1 Å². The number of benzene rings is 2. The van der Waals surface area contributed by atoms with Crippen LogP contribution in [-0.2, 0) is 0 Å². The Kier molecular flexibility index (Phi) is 6.18. The van der Waals surface area contributed by atoms with Crippen molar-refractivity contribution in [3.8, 4) is 22.8 Å². The Morgan fingerprint density at radius 1 is 1.07 bits per heavy atom. The zero-order valence-electron chi connectivity index (χ0n) is 15.3. The van der Waals surface area contributed by atoms with Gasteiger partial charge < -0.3 is 19.9 Å². The SMILES string of the molecule is COc1cc(OC(F)(F)F)ccc1-c1cc(NCC(O)c2ccccc2)ncn1. The zero-order valence-corrected chi connectivity index (χ0v) is 15.3. The average molecular weight is 405 g/mol. The van der Waals surface area contributed by atoms with Gasteiger partial charge in [-0.15, -0.1) is 13.2 Å². The summed E-state index contributed by atoms with van der Waals surface area (Å²) in [5.74, 6) is 0.222. The summed E-state index contributed by atoms with van der Waals surface area (Å²) in [5.41, 5.74) is 1.67. The second-order valence-electron chi connectivity index (χ2n) is 6.01. The van der Waals surface area contributed by atoms with Crippen molar-refractivity contribution in [2.75, 3.05) is 19.0 Å². The molecule has 0 aliphatic carbocycles. The smallest absolute Gasteiger partial charge is 0.496 e. The number of alkyl halides is 3. The lowest BCUT2D eigenvalue weighted by molar-refractivity contribution is -0.274. The van der Waals surface area contributed by atoms with Gasteiger partial charge in [0.25, 0.3) is 0 Å². The molecule has 0 aliphatic rings. The van der Waals surface area contributed by atoms with E-state index in [0.717, 1.165) is 11.6 Å². The van der Waals surface area contributed by atoms with Crippen molar-refractivity contribution in [2.24, 2.45) is 0 Å². The third kappa shape index (κ3) is 5.58. The van der Waals surface area contributed by atoms with E-state index in [2.05, 4.69) is 20.0 Å². The molecule has 1 heterocycles. The molecule has 0 aliphatic heterocycles. The number of ether oxygens (including phenoxy) is 2. The van der Waals surface area contributed by atoms with Crippen molar-refractivity contribution in [1.29, 1.82) is 0 Å². The molecule has 0 bridgehead atoms. The summed E-state index contributed by atoms with van der Waals surface area (Å²) in [7, 11) is 1.34. The second kappa shape index (κ2) is 8.78. The molecule has 1 atom stereocenters. The first-order valence-corrected chi connectivity index (χ1v) is 8.59. The maximum atomic E-state index is 12.4. The minimum absolute atomic E-state index is 0.167. The van der Waals surface area contributed by atoms with Crippen LogP contribution in [0.4, 0.5) is 19.0 Å². The van der Waals surface area contributed by atoms with Gasteiger partial charge in [0.15, 0.2) is 0 Å². The van der Waals surface area contributed by atoms with Crippen molar-refractivity contribution in [3.05, 3.63) is 66.5 Å². The topological polar surface area (TPSA) is 76.5 Å². The van der Waals surface area contributed by atoms with Gasteiger partial charge in [-0.05, 0) is 17.7 Å². The van der Waals surface area contributed by atoms with Crippen molar-refractivity contribution in [3.63, 3.8) is 0 Å². The normalized spacial score (nSPS) is 12.3. The summed E-state index contributed by atoms with van der Waals surface area (Å²) in [6.45, 7) is 0.218. The lowest BCUT2D eigenvalue weighted by atomic mass is 10.1. The van der Waals surface area contributed by atoms with Crippen LogP contribution >= 0.6 is 0 Å². The molecule has 0 amide bonds. The molecule has 2 N–H and O–H groups in total. The van der Waals surface area contributed by atoms with Crippen LogP contribution in [0.5, 0.6) is 11.5 Å². The van der Waals surface area contributed by atoms with E-state index in [9.17, 15) is 18.3 Å². The van der Waals surface area contributed by atoms with Gasteiger partial charge in [0.1, 0.15) is 23.6 Å². The van der Waals surface area contributed by atoms with Gasteiger partial charge in [-0.3, -0.25) is 0 Å². The molecule has 1 unspecified atom stereocenters. The van der Waals surface area contributed by atoms with Gasteiger partial charge >= 0.3 is 6.36 Å². The van der Waals surface area contributed by atoms with Crippen LogP contribution in [0.3, 0.4) is 0 Å². The number of methoxy groups -OCH3 is 1. The predicted molar refractivity (Wildman–Crippen MR) is 101 cm³/mol. The first-order chi connectivity index (χ1) is 13.9.